The molecule has 1 aliphatic heterocycles. The molecule has 3 heteroatoms. The fraction of sp³-hybridized carbons (Fsp3) is 0.688. The fourth-order valence-electron chi connectivity index (χ4n) is 3.00. The van der Waals surface area contributed by atoms with E-state index in [0.717, 1.165) is 13.1 Å². The molecular weight excluding hydrogens is 234 g/mol. The molecule has 2 heterocycles. The monoisotopic (exact) mass is 261 g/mol. The Morgan fingerprint density at radius 2 is 1.89 bits per heavy atom. The molecule has 0 saturated carbocycles. The zero-order valence-electron chi connectivity index (χ0n) is 12.9. The van der Waals surface area contributed by atoms with Crippen molar-refractivity contribution >= 4 is 0 Å². The van der Waals surface area contributed by atoms with Gasteiger partial charge in [0.2, 0.25) is 0 Å². The van der Waals surface area contributed by atoms with Crippen LogP contribution < -0.4 is 5.32 Å². The number of aromatic nitrogens is 1. The molecule has 1 aliphatic rings. The summed E-state index contributed by atoms with van der Waals surface area (Å²) in [6, 6.07) is 5.31. The molecule has 0 amide bonds. The van der Waals surface area contributed by atoms with Gasteiger partial charge in [0.1, 0.15) is 0 Å². The lowest BCUT2D eigenvalue weighted by Crippen LogP contribution is -2.63. The summed E-state index contributed by atoms with van der Waals surface area (Å²) in [7, 11) is 0. The minimum Gasteiger partial charge on any atom is -0.309 e. The van der Waals surface area contributed by atoms with Crippen molar-refractivity contribution < 1.29 is 0 Å². The molecule has 1 saturated heterocycles. The summed E-state index contributed by atoms with van der Waals surface area (Å²) in [6.07, 6.45) is 3.78. The number of piperazine rings is 1. The van der Waals surface area contributed by atoms with Crippen LogP contribution in [0.4, 0.5) is 0 Å². The molecule has 1 fully saturated rings. The van der Waals surface area contributed by atoms with Crippen LogP contribution in [0.5, 0.6) is 0 Å². The Labute approximate surface area is 117 Å². The summed E-state index contributed by atoms with van der Waals surface area (Å²) in [5, 5.41) is 3.67. The van der Waals surface area contributed by atoms with Gasteiger partial charge in [-0.3, -0.25) is 9.88 Å². The van der Waals surface area contributed by atoms with Crippen molar-refractivity contribution in [2.75, 3.05) is 13.1 Å². The number of hydrogen-bond acceptors (Lipinski definition) is 3. The first-order valence-corrected chi connectivity index (χ1v) is 7.31. The van der Waals surface area contributed by atoms with E-state index in [4.69, 9.17) is 0 Å². The first kappa shape index (κ1) is 14.5. The van der Waals surface area contributed by atoms with E-state index in [1.165, 1.54) is 5.56 Å². The van der Waals surface area contributed by atoms with Crippen LogP contribution in [0.25, 0.3) is 0 Å². The van der Waals surface area contributed by atoms with Gasteiger partial charge in [-0.25, -0.2) is 0 Å². The molecule has 0 spiro atoms. The minimum atomic E-state index is 0.187. The fourth-order valence-corrected chi connectivity index (χ4v) is 3.00. The Kier molecular flexibility index (Phi) is 4.26. The van der Waals surface area contributed by atoms with Crippen LogP contribution in [-0.4, -0.2) is 34.6 Å². The van der Waals surface area contributed by atoms with Crippen molar-refractivity contribution in [1.29, 1.82) is 0 Å². The van der Waals surface area contributed by atoms with E-state index in [1.807, 2.05) is 12.4 Å². The van der Waals surface area contributed by atoms with E-state index in [-0.39, 0.29) is 5.54 Å². The molecule has 1 aromatic heterocycles. The normalized spacial score (nSPS) is 25.5. The molecule has 1 N–H and O–H groups in total. The zero-order valence-corrected chi connectivity index (χ0v) is 12.9. The van der Waals surface area contributed by atoms with Crippen molar-refractivity contribution in [3.63, 3.8) is 0 Å². The molecule has 0 bridgehead atoms. The van der Waals surface area contributed by atoms with Gasteiger partial charge in [0, 0.05) is 43.1 Å². The third-order valence-electron chi connectivity index (χ3n) is 4.25. The summed E-state index contributed by atoms with van der Waals surface area (Å²) in [5.74, 6) is 0.660. The van der Waals surface area contributed by atoms with Crippen molar-refractivity contribution in [2.24, 2.45) is 5.92 Å². The molecular formula is C16H27N3. The molecule has 19 heavy (non-hydrogen) atoms. The molecule has 2 rings (SSSR count). The van der Waals surface area contributed by atoms with Crippen LogP contribution in [0.15, 0.2) is 24.5 Å². The maximum atomic E-state index is 4.12. The summed E-state index contributed by atoms with van der Waals surface area (Å²) in [6.45, 7) is 13.7. The average molecular weight is 261 g/mol. The van der Waals surface area contributed by atoms with Gasteiger partial charge in [-0.15, -0.1) is 0 Å². The van der Waals surface area contributed by atoms with Gasteiger partial charge in [0.15, 0.2) is 0 Å². The molecule has 2 unspecified atom stereocenters. The van der Waals surface area contributed by atoms with Crippen molar-refractivity contribution in [3.8, 4) is 0 Å². The van der Waals surface area contributed by atoms with E-state index in [9.17, 15) is 0 Å². The summed E-state index contributed by atoms with van der Waals surface area (Å²) < 4.78 is 0. The van der Waals surface area contributed by atoms with Crippen LogP contribution in [0.3, 0.4) is 0 Å². The number of rotatable bonds is 3. The van der Waals surface area contributed by atoms with Crippen LogP contribution in [-0.2, 0) is 0 Å². The second-order valence-corrected chi connectivity index (χ2v) is 6.71. The predicted molar refractivity (Wildman–Crippen MR) is 80.1 cm³/mol. The van der Waals surface area contributed by atoms with E-state index in [0.29, 0.717) is 18.0 Å². The van der Waals surface area contributed by atoms with Crippen LogP contribution in [0.2, 0.25) is 0 Å². The molecule has 3 nitrogen and oxygen atoms in total. The van der Waals surface area contributed by atoms with E-state index < -0.39 is 0 Å². The molecule has 2 atom stereocenters. The van der Waals surface area contributed by atoms with Gasteiger partial charge in [-0.05, 0) is 44.4 Å². The molecule has 1 aromatic rings. The van der Waals surface area contributed by atoms with Gasteiger partial charge in [0.05, 0.1) is 0 Å². The third-order valence-corrected chi connectivity index (χ3v) is 4.25. The third kappa shape index (κ3) is 3.34. The van der Waals surface area contributed by atoms with Gasteiger partial charge in [-0.1, -0.05) is 13.8 Å². The maximum absolute atomic E-state index is 4.12. The highest BCUT2D eigenvalue weighted by Gasteiger charge is 2.36. The molecule has 106 valence electrons. The topological polar surface area (TPSA) is 28.2 Å². The predicted octanol–water partition coefficient (Wildman–Crippen LogP) is 2.85. The molecule has 0 aromatic carbocycles. The molecule has 0 radical (unpaired) electrons. The van der Waals surface area contributed by atoms with E-state index in [1.54, 1.807) is 0 Å². The van der Waals surface area contributed by atoms with Crippen LogP contribution in [0, 0.1) is 5.92 Å². The highest BCUT2D eigenvalue weighted by Crippen LogP contribution is 2.29. The first-order valence-electron chi connectivity index (χ1n) is 7.31. The second-order valence-electron chi connectivity index (χ2n) is 6.71. The number of pyridine rings is 1. The van der Waals surface area contributed by atoms with Gasteiger partial charge >= 0.3 is 0 Å². The van der Waals surface area contributed by atoms with E-state index >= 15 is 0 Å². The Balaban J connectivity index is 2.22. The lowest BCUT2D eigenvalue weighted by Gasteiger charge is -2.49. The lowest BCUT2D eigenvalue weighted by atomic mass is 9.90. The second kappa shape index (κ2) is 5.59. The first-order chi connectivity index (χ1) is 8.91. The van der Waals surface area contributed by atoms with E-state index in [2.05, 4.69) is 62.0 Å². The summed E-state index contributed by atoms with van der Waals surface area (Å²) in [5.41, 5.74) is 1.55. The smallest absolute Gasteiger partial charge is 0.0325 e. The lowest BCUT2D eigenvalue weighted by molar-refractivity contribution is 0.0370. The largest absolute Gasteiger partial charge is 0.309 e. The quantitative estimate of drug-likeness (QED) is 0.907. The molecule has 0 aliphatic carbocycles. The zero-order chi connectivity index (χ0) is 14.0. The Morgan fingerprint density at radius 1 is 1.26 bits per heavy atom. The summed E-state index contributed by atoms with van der Waals surface area (Å²) in [4.78, 5) is 6.77. The minimum absolute atomic E-state index is 0.187. The summed E-state index contributed by atoms with van der Waals surface area (Å²) >= 11 is 0. The highest BCUT2D eigenvalue weighted by atomic mass is 15.3. The Morgan fingerprint density at radius 3 is 2.47 bits per heavy atom. The van der Waals surface area contributed by atoms with Crippen molar-refractivity contribution in [2.45, 2.75) is 52.2 Å². The number of hydrogen-bond donors (Lipinski definition) is 1. The SMILES string of the molecule is CC(C)C1CNC(C)(C)CN1C(C)c1ccncc1. The van der Waals surface area contributed by atoms with Gasteiger partial charge in [0.25, 0.3) is 0 Å². The van der Waals surface area contributed by atoms with Gasteiger partial charge in [-0.2, -0.15) is 0 Å². The van der Waals surface area contributed by atoms with Gasteiger partial charge < -0.3 is 5.32 Å². The maximum Gasteiger partial charge on any atom is 0.0325 e. The Hall–Kier alpha value is -0.930. The average Bonchev–Trinajstić information content (AvgIpc) is 2.37. The highest BCUT2D eigenvalue weighted by molar-refractivity contribution is 5.15. The standard InChI is InChI=1S/C16H27N3/c1-12(2)15-10-18-16(4,5)11-19(15)13(3)14-6-8-17-9-7-14/h6-9,12-13,15,18H,10-11H2,1-5H3. The van der Waals surface area contributed by atoms with Crippen molar-refractivity contribution in [1.82, 2.24) is 15.2 Å². The number of nitrogens with one attached hydrogen (secondary N) is 1. The van der Waals surface area contributed by atoms with Crippen molar-refractivity contribution in [3.05, 3.63) is 30.1 Å². The number of nitrogens with zero attached hydrogens (tertiary/aromatic N) is 2. The van der Waals surface area contributed by atoms with Crippen LogP contribution >= 0.6 is 0 Å². The van der Waals surface area contributed by atoms with Crippen LogP contribution in [0.1, 0.15) is 46.2 Å². The Bertz CT molecular complexity index is 400.